The molecule has 0 aliphatic heterocycles. The normalized spacial score (nSPS) is 23.7. The molecule has 186 valence electrons. The quantitative estimate of drug-likeness (QED) is 0.186. The first kappa shape index (κ1) is 25.8. The molecule has 4 atom stereocenters. The number of aryl methyl sites for hydroxylation is 1. The zero-order chi connectivity index (χ0) is 24.3. The van der Waals surface area contributed by atoms with Crippen molar-refractivity contribution in [1.29, 1.82) is 0 Å². The second-order valence-corrected chi connectivity index (χ2v) is 11.3. The molecule has 2 aromatic rings. The highest BCUT2D eigenvalue weighted by molar-refractivity contribution is 5.44. The molecule has 2 aliphatic rings. The molecule has 0 saturated heterocycles. The van der Waals surface area contributed by atoms with E-state index in [1.165, 1.54) is 82.6 Å². The van der Waals surface area contributed by atoms with Crippen molar-refractivity contribution in [1.82, 2.24) is 0 Å². The zero-order valence-electron chi connectivity index (χ0n) is 22.1. The van der Waals surface area contributed by atoms with Crippen LogP contribution in [0.25, 0.3) is 0 Å². The summed E-state index contributed by atoms with van der Waals surface area (Å²) in [6.45, 7) is 6.12. The molecule has 2 aromatic carbocycles. The van der Waals surface area contributed by atoms with Crippen molar-refractivity contribution in [3.05, 3.63) is 83.4 Å². The monoisotopic (exact) mass is 466 g/mol. The van der Waals surface area contributed by atoms with Gasteiger partial charge in [-0.25, -0.2) is 0 Å². The Morgan fingerprint density at radius 1 is 0.771 bits per heavy atom. The molecule has 0 nitrogen and oxygen atoms in total. The van der Waals surface area contributed by atoms with Gasteiger partial charge < -0.3 is 0 Å². The maximum Gasteiger partial charge on any atom is 0.0249 e. The Morgan fingerprint density at radius 2 is 1.43 bits per heavy atom. The van der Waals surface area contributed by atoms with Crippen LogP contribution in [0.4, 0.5) is 0 Å². The maximum atomic E-state index is 3.81. The lowest BCUT2D eigenvalue weighted by Crippen LogP contribution is -2.30. The van der Waals surface area contributed by atoms with Gasteiger partial charge in [0.25, 0.3) is 0 Å². The SMILES string of the molecule is C=CCCc1ccc(C#Cc2ccc([C@@H]3CC[C@@H]4CC(CCCCCCC)CC[C@@H]4C3)cc2)cc1. The Morgan fingerprint density at radius 3 is 2.14 bits per heavy atom. The van der Waals surface area contributed by atoms with Crippen molar-refractivity contribution in [2.45, 2.75) is 103 Å². The van der Waals surface area contributed by atoms with Gasteiger partial charge in [0.05, 0.1) is 0 Å². The van der Waals surface area contributed by atoms with Gasteiger partial charge in [0.15, 0.2) is 0 Å². The molecule has 2 saturated carbocycles. The summed E-state index contributed by atoms with van der Waals surface area (Å²) >= 11 is 0. The van der Waals surface area contributed by atoms with E-state index in [-0.39, 0.29) is 0 Å². The molecule has 2 aliphatic carbocycles. The fourth-order valence-electron chi connectivity index (χ4n) is 6.59. The molecule has 0 N–H and O–H groups in total. The van der Waals surface area contributed by atoms with Crippen LogP contribution in [0.15, 0.2) is 61.2 Å². The number of fused-ring (bicyclic) bond motifs is 1. The van der Waals surface area contributed by atoms with E-state index in [0.29, 0.717) is 0 Å². The molecule has 1 unspecified atom stereocenters. The predicted molar refractivity (Wildman–Crippen MR) is 152 cm³/mol. The molecule has 0 aromatic heterocycles. The first-order valence-electron chi connectivity index (χ1n) is 14.6. The van der Waals surface area contributed by atoms with E-state index in [1.54, 1.807) is 5.56 Å². The largest absolute Gasteiger partial charge is 0.103 e. The van der Waals surface area contributed by atoms with Crippen LogP contribution >= 0.6 is 0 Å². The highest BCUT2D eigenvalue weighted by atomic mass is 14.4. The summed E-state index contributed by atoms with van der Waals surface area (Å²) in [6, 6.07) is 17.8. The molecule has 0 radical (unpaired) electrons. The lowest BCUT2D eigenvalue weighted by Gasteiger charge is -2.42. The summed E-state index contributed by atoms with van der Waals surface area (Å²) in [6.07, 6.45) is 21.5. The zero-order valence-corrected chi connectivity index (χ0v) is 22.1. The Bertz CT molecular complexity index is 952. The van der Waals surface area contributed by atoms with Crippen molar-refractivity contribution in [3.63, 3.8) is 0 Å². The van der Waals surface area contributed by atoms with Crippen LogP contribution in [-0.4, -0.2) is 0 Å². The Hall–Kier alpha value is -2.26. The average Bonchev–Trinajstić information content (AvgIpc) is 2.91. The Labute approximate surface area is 215 Å². The number of benzene rings is 2. The average molecular weight is 467 g/mol. The number of hydrogen-bond acceptors (Lipinski definition) is 0. The van der Waals surface area contributed by atoms with Gasteiger partial charge >= 0.3 is 0 Å². The molecule has 4 rings (SSSR count). The van der Waals surface area contributed by atoms with E-state index < -0.39 is 0 Å². The van der Waals surface area contributed by atoms with Crippen LogP contribution in [-0.2, 0) is 6.42 Å². The van der Waals surface area contributed by atoms with Crippen molar-refractivity contribution in [3.8, 4) is 11.8 Å². The number of unbranched alkanes of at least 4 members (excludes halogenated alkanes) is 4. The Balaban J connectivity index is 1.24. The molecular weight excluding hydrogens is 420 g/mol. The summed E-state index contributed by atoms with van der Waals surface area (Å²) in [5.74, 6) is 10.5. The van der Waals surface area contributed by atoms with Crippen LogP contribution in [0.1, 0.15) is 119 Å². The van der Waals surface area contributed by atoms with Crippen molar-refractivity contribution in [2.24, 2.45) is 17.8 Å². The van der Waals surface area contributed by atoms with Gasteiger partial charge in [-0.1, -0.05) is 94.1 Å². The van der Waals surface area contributed by atoms with Gasteiger partial charge in [0.2, 0.25) is 0 Å². The highest BCUT2D eigenvalue weighted by Gasteiger charge is 2.35. The third-order valence-electron chi connectivity index (χ3n) is 8.76. The highest BCUT2D eigenvalue weighted by Crippen LogP contribution is 2.48. The number of allylic oxidation sites excluding steroid dienone is 1. The van der Waals surface area contributed by atoms with Gasteiger partial charge in [-0.15, -0.1) is 6.58 Å². The standard InChI is InChI=1S/C35H46/c1-3-5-7-8-9-11-31-20-23-35-27-34(25-24-33(35)26-31)32-21-18-30(19-22-32)17-16-29-14-12-28(13-15-29)10-6-4-2/h4,12-15,18-19,21-22,31,33-35H,2-3,5-11,20,23-27H2,1H3/t31?,33-,34-,35-/m1/s1. The lowest BCUT2D eigenvalue weighted by atomic mass is 9.63. The van der Waals surface area contributed by atoms with Gasteiger partial charge in [-0.2, -0.15) is 0 Å². The minimum atomic E-state index is 0.756. The lowest BCUT2D eigenvalue weighted by molar-refractivity contribution is 0.113. The maximum absolute atomic E-state index is 3.81. The van der Waals surface area contributed by atoms with Crippen LogP contribution in [0, 0.1) is 29.6 Å². The molecule has 2 fully saturated rings. The first-order valence-corrected chi connectivity index (χ1v) is 14.6. The third-order valence-corrected chi connectivity index (χ3v) is 8.76. The fourth-order valence-corrected chi connectivity index (χ4v) is 6.59. The molecule has 0 heterocycles. The number of hydrogen-bond donors (Lipinski definition) is 0. The first-order chi connectivity index (χ1) is 17.2. The van der Waals surface area contributed by atoms with Gasteiger partial charge in [0.1, 0.15) is 0 Å². The molecule has 35 heavy (non-hydrogen) atoms. The topological polar surface area (TPSA) is 0 Å². The van der Waals surface area contributed by atoms with Crippen LogP contribution < -0.4 is 0 Å². The summed E-state index contributed by atoms with van der Waals surface area (Å²) in [5, 5.41) is 0. The van der Waals surface area contributed by atoms with Crippen LogP contribution in [0.3, 0.4) is 0 Å². The second-order valence-electron chi connectivity index (χ2n) is 11.3. The van der Waals surface area contributed by atoms with Gasteiger partial charge in [-0.05, 0) is 104 Å². The van der Waals surface area contributed by atoms with Crippen molar-refractivity contribution in [2.75, 3.05) is 0 Å². The Kier molecular flexibility index (Phi) is 10.1. The van der Waals surface area contributed by atoms with Crippen LogP contribution in [0.2, 0.25) is 0 Å². The van der Waals surface area contributed by atoms with Gasteiger partial charge in [0, 0.05) is 11.1 Å². The second kappa shape index (κ2) is 13.7. The minimum Gasteiger partial charge on any atom is -0.103 e. The summed E-state index contributed by atoms with van der Waals surface area (Å²) in [5.41, 5.74) is 5.10. The van der Waals surface area contributed by atoms with Gasteiger partial charge in [-0.3, -0.25) is 0 Å². The molecular formula is C35H46. The van der Waals surface area contributed by atoms with Crippen LogP contribution in [0.5, 0.6) is 0 Å². The summed E-state index contributed by atoms with van der Waals surface area (Å²) in [4.78, 5) is 0. The fraction of sp³-hybridized carbons (Fsp3) is 0.543. The van der Waals surface area contributed by atoms with E-state index in [1.807, 2.05) is 6.08 Å². The molecule has 0 heteroatoms. The minimum absolute atomic E-state index is 0.756. The molecule has 0 amide bonds. The van der Waals surface area contributed by atoms with E-state index >= 15 is 0 Å². The van der Waals surface area contributed by atoms with E-state index in [0.717, 1.165) is 47.6 Å². The van der Waals surface area contributed by atoms with Crippen molar-refractivity contribution < 1.29 is 0 Å². The van der Waals surface area contributed by atoms with E-state index in [4.69, 9.17) is 0 Å². The smallest absolute Gasteiger partial charge is 0.0249 e. The van der Waals surface area contributed by atoms with E-state index in [2.05, 4.69) is 73.9 Å². The third kappa shape index (κ3) is 7.87. The summed E-state index contributed by atoms with van der Waals surface area (Å²) < 4.78 is 0. The predicted octanol–water partition coefficient (Wildman–Crippen LogP) is 9.87. The van der Waals surface area contributed by atoms with E-state index in [9.17, 15) is 0 Å². The van der Waals surface area contributed by atoms with Crippen molar-refractivity contribution >= 4 is 0 Å². The molecule has 0 spiro atoms. The molecule has 0 bridgehead atoms. The number of rotatable bonds is 10. The summed E-state index contributed by atoms with van der Waals surface area (Å²) in [7, 11) is 0.